The molecule has 2 heterocycles. The number of furan rings is 1. The van der Waals surface area contributed by atoms with E-state index in [-0.39, 0.29) is 0 Å². The van der Waals surface area contributed by atoms with Gasteiger partial charge in [0.1, 0.15) is 5.76 Å². The quantitative estimate of drug-likeness (QED) is 0.677. The normalized spacial score (nSPS) is 14.3. The molecule has 130 valence electrons. The molecular formula is C20H27NO3. The van der Waals surface area contributed by atoms with Gasteiger partial charge < -0.3 is 19.2 Å². The van der Waals surface area contributed by atoms with Crippen LogP contribution in [0.5, 0.6) is 11.5 Å². The standard InChI is InChI=1S/C20H27NO3/c1-15(2)5-6-16(9-10-21-13-18-4-3-11-22-18)17-7-8-19-20(12-17)24-14-23-19/h3-4,7-8,11-12,15-16,21H,5-6,9-10,13-14H2,1-2H3. The van der Waals surface area contributed by atoms with Crippen molar-refractivity contribution in [3.8, 4) is 11.5 Å². The van der Waals surface area contributed by atoms with E-state index in [1.165, 1.54) is 18.4 Å². The van der Waals surface area contributed by atoms with Gasteiger partial charge in [-0.05, 0) is 61.1 Å². The van der Waals surface area contributed by atoms with Gasteiger partial charge in [0, 0.05) is 0 Å². The number of ether oxygens (including phenoxy) is 2. The van der Waals surface area contributed by atoms with Crippen LogP contribution < -0.4 is 14.8 Å². The summed E-state index contributed by atoms with van der Waals surface area (Å²) in [5.74, 6) is 3.98. The summed E-state index contributed by atoms with van der Waals surface area (Å²) in [5.41, 5.74) is 1.35. The highest BCUT2D eigenvalue weighted by molar-refractivity contribution is 5.45. The van der Waals surface area contributed by atoms with Gasteiger partial charge in [-0.3, -0.25) is 0 Å². The minimum atomic E-state index is 0.333. The fourth-order valence-corrected chi connectivity index (χ4v) is 3.08. The van der Waals surface area contributed by atoms with Crippen LogP contribution in [-0.4, -0.2) is 13.3 Å². The number of benzene rings is 1. The second-order valence-electron chi connectivity index (χ2n) is 6.83. The summed E-state index contributed by atoms with van der Waals surface area (Å²) in [7, 11) is 0. The molecule has 0 amide bonds. The Bertz CT molecular complexity index is 622. The molecule has 24 heavy (non-hydrogen) atoms. The maximum Gasteiger partial charge on any atom is 0.231 e. The number of fused-ring (bicyclic) bond motifs is 1. The Morgan fingerprint density at radius 3 is 2.71 bits per heavy atom. The average molecular weight is 329 g/mol. The van der Waals surface area contributed by atoms with Crippen LogP contribution in [0.3, 0.4) is 0 Å². The molecule has 4 heteroatoms. The molecule has 1 aliphatic rings. The first-order chi connectivity index (χ1) is 11.7. The summed E-state index contributed by atoms with van der Waals surface area (Å²) in [6, 6.07) is 10.3. The van der Waals surface area contributed by atoms with Crippen LogP contribution >= 0.6 is 0 Å². The average Bonchev–Trinajstić information content (AvgIpc) is 3.24. The molecule has 0 saturated carbocycles. The smallest absolute Gasteiger partial charge is 0.231 e. The first-order valence-corrected chi connectivity index (χ1v) is 8.85. The van der Waals surface area contributed by atoms with Crippen molar-refractivity contribution in [3.05, 3.63) is 47.9 Å². The highest BCUT2D eigenvalue weighted by Crippen LogP contribution is 2.36. The van der Waals surface area contributed by atoms with E-state index in [1.807, 2.05) is 18.2 Å². The fourth-order valence-electron chi connectivity index (χ4n) is 3.08. The SMILES string of the molecule is CC(C)CCC(CCNCc1ccco1)c1ccc2c(c1)OCO2. The summed E-state index contributed by atoms with van der Waals surface area (Å²) in [6.07, 6.45) is 5.25. The molecule has 2 aromatic rings. The molecule has 1 aliphatic heterocycles. The van der Waals surface area contributed by atoms with E-state index in [0.717, 1.165) is 42.7 Å². The lowest BCUT2D eigenvalue weighted by Crippen LogP contribution is -2.17. The van der Waals surface area contributed by atoms with Crippen LogP contribution in [-0.2, 0) is 6.54 Å². The highest BCUT2D eigenvalue weighted by atomic mass is 16.7. The third-order valence-electron chi connectivity index (χ3n) is 4.51. The highest BCUT2D eigenvalue weighted by Gasteiger charge is 2.18. The predicted molar refractivity (Wildman–Crippen MR) is 94.4 cm³/mol. The molecular weight excluding hydrogens is 302 g/mol. The molecule has 0 radical (unpaired) electrons. The van der Waals surface area contributed by atoms with Crippen molar-refractivity contribution in [1.29, 1.82) is 0 Å². The molecule has 1 aromatic carbocycles. The molecule has 4 nitrogen and oxygen atoms in total. The van der Waals surface area contributed by atoms with Crippen LogP contribution in [0.4, 0.5) is 0 Å². The van der Waals surface area contributed by atoms with Gasteiger partial charge in [0.05, 0.1) is 12.8 Å². The van der Waals surface area contributed by atoms with E-state index in [0.29, 0.717) is 12.7 Å². The second-order valence-corrected chi connectivity index (χ2v) is 6.83. The summed E-state index contributed by atoms with van der Waals surface area (Å²) < 4.78 is 16.3. The van der Waals surface area contributed by atoms with Gasteiger partial charge in [0.25, 0.3) is 0 Å². The Hall–Kier alpha value is -1.94. The first-order valence-electron chi connectivity index (χ1n) is 8.85. The Morgan fingerprint density at radius 2 is 1.92 bits per heavy atom. The molecule has 1 aromatic heterocycles. The zero-order valence-corrected chi connectivity index (χ0v) is 14.6. The predicted octanol–water partition coefficient (Wildman–Crippen LogP) is 4.71. The Labute approximate surface area is 144 Å². The largest absolute Gasteiger partial charge is 0.468 e. The molecule has 1 atom stereocenters. The Kier molecular flexibility index (Phi) is 5.81. The van der Waals surface area contributed by atoms with E-state index < -0.39 is 0 Å². The van der Waals surface area contributed by atoms with Gasteiger partial charge in [-0.25, -0.2) is 0 Å². The summed E-state index contributed by atoms with van der Waals surface area (Å²) in [6.45, 7) is 6.65. The first kappa shape index (κ1) is 16.9. The van der Waals surface area contributed by atoms with Crippen LogP contribution in [0, 0.1) is 5.92 Å². The lowest BCUT2D eigenvalue weighted by molar-refractivity contribution is 0.174. The molecule has 1 unspecified atom stereocenters. The van der Waals surface area contributed by atoms with Gasteiger partial charge >= 0.3 is 0 Å². The third kappa shape index (κ3) is 4.54. The van der Waals surface area contributed by atoms with Crippen molar-refractivity contribution >= 4 is 0 Å². The molecule has 0 bridgehead atoms. The molecule has 0 saturated heterocycles. The maximum atomic E-state index is 5.54. The van der Waals surface area contributed by atoms with Crippen molar-refractivity contribution in [1.82, 2.24) is 5.32 Å². The van der Waals surface area contributed by atoms with Crippen molar-refractivity contribution in [2.45, 2.75) is 45.6 Å². The van der Waals surface area contributed by atoms with E-state index in [2.05, 4.69) is 31.3 Å². The summed E-state index contributed by atoms with van der Waals surface area (Å²) in [4.78, 5) is 0. The fraction of sp³-hybridized carbons (Fsp3) is 0.500. The van der Waals surface area contributed by atoms with Crippen LogP contribution in [0.15, 0.2) is 41.0 Å². The van der Waals surface area contributed by atoms with Crippen molar-refractivity contribution < 1.29 is 13.9 Å². The second kappa shape index (κ2) is 8.25. The van der Waals surface area contributed by atoms with E-state index in [9.17, 15) is 0 Å². The van der Waals surface area contributed by atoms with E-state index >= 15 is 0 Å². The van der Waals surface area contributed by atoms with Crippen LogP contribution in [0.2, 0.25) is 0 Å². The third-order valence-corrected chi connectivity index (χ3v) is 4.51. The Balaban J connectivity index is 1.57. The number of hydrogen-bond acceptors (Lipinski definition) is 4. The van der Waals surface area contributed by atoms with Crippen molar-refractivity contribution in [3.63, 3.8) is 0 Å². The van der Waals surface area contributed by atoms with Gasteiger partial charge in [0.15, 0.2) is 11.5 Å². The van der Waals surface area contributed by atoms with Crippen molar-refractivity contribution in [2.75, 3.05) is 13.3 Å². The summed E-state index contributed by atoms with van der Waals surface area (Å²) >= 11 is 0. The zero-order valence-electron chi connectivity index (χ0n) is 14.6. The monoisotopic (exact) mass is 329 g/mol. The zero-order chi connectivity index (χ0) is 16.8. The maximum absolute atomic E-state index is 5.54. The topological polar surface area (TPSA) is 43.6 Å². The molecule has 0 spiro atoms. The van der Waals surface area contributed by atoms with E-state index in [1.54, 1.807) is 6.26 Å². The number of nitrogens with one attached hydrogen (secondary N) is 1. The lowest BCUT2D eigenvalue weighted by Gasteiger charge is -2.19. The van der Waals surface area contributed by atoms with Gasteiger partial charge in [0.2, 0.25) is 6.79 Å². The van der Waals surface area contributed by atoms with Gasteiger partial charge in [-0.2, -0.15) is 0 Å². The molecule has 3 rings (SSSR count). The Morgan fingerprint density at radius 1 is 1.04 bits per heavy atom. The van der Waals surface area contributed by atoms with Crippen LogP contribution in [0.1, 0.15) is 50.4 Å². The minimum Gasteiger partial charge on any atom is -0.468 e. The molecule has 0 fully saturated rings. The van der Waals surface area contributed by atoms with Gasteiger partial charge in [-0.15, -0.1) is 0 Å². The number of hydrogen-bond donors (Lipinski definition) is 1. The molecule has 1 N–H and O–H groups in total. The lowest BCUT2D eigenvalue weighted by atomic mass is 9.88. The summed E-state index contributed by atoms with van der Waals surface area (Å²) in [5, 5.41) is 3.48. The minimum absolute atomic E-state index is 0.333. The van der Waals surface area contributed by atoms with E-state index in [4.69, 9.17) is 13.9 Å². The van der Waals surface area contributed by atoms with Crippen molar-refractivity contribution in [2.24, 2.45) is 5.92 Å². The molecule has 0 aliphatic carbocycles. The van der Waals surface area contributed by atoms with Gasteiger partial charge in [-0.1, -0.05) is 26.3 Å². The van der Waals surface area contributed by atoms with Crippen LogP contribution in [0.25, 0.3) is 0 Å². The number of rotatable bonds is 9.